The summed E-state index contributed by atoms with van der Waals surface area (Å²) in [5.41, 5.74) is -2.65. The number of Topliss-reactive ketones (excluding diaryl/α,β-unsaturated/α-hetero) is 2. The number of ether oxygens (including phenoxy) is 2. The zero-order valence-electron chi connectivity index (χ0n) is 15.7. The maximum Gasteiger partial charge on any atom is 0.321 e. The average Bonchev–Trinajstić information content (AvgIpc) is 2.77. The van der Waals surface area contributed by atoms with E-state index in [-0.39, 0.29) is 30.5 Å². The maximum atomic E-state index is 13.0. The van der Waals surface area contributed by atoms with E-state index in [0.717, 1.165) is 0 Å². The van der Waals surface area contributed by atoms with E-state index in [2.05, 4.69) is 0 Å². The summed E-state index contributed by atoms with van der Waals surface area (Å²) in [6.07, 6.45) is 1.17. The molecule has 0 aromatic heterocycles. The fraction of sp³-hybridized carbons (Fsp3) is 0.684. The van der Waals surface area contributed by atoms with Crippen LogP contribution in [0, 0.1) is 16.7 Å². The normalized spacial score (nSPS) is 39.3. The molecule has 1 saturated carbocycles. The number of esters is 2. The zero-order chi connectivity index (χ0) is 19.3. The maximum absolute atomic E-state index is 13.0. The third-order valence-electron chi connectivity index (χ3n) is 6.55. The summed E-state index contributed by atoms with van der Waals surface area (Å²) in [4.78, 5) is 53.4. The van der Waals surface area contributed by atoms with Crippen molar-refractivity contribution in [3.05, 3.63) is 11.6 Å². The highest BCUT2D eigenvalue weighted by Gasteiger charge is 2.68. The van der Waals surface area contributed by atoms with E-state index >= 15 is 0 Å². The van der Waals surface area contributed by atoms with Gasteiger partial charge in [-0.05, 0) is 26.8 Å². The first-order valence-corrected chi connectivity index (χ1v) is 8.95. The lowest BCUT2D eigenvalue weighted by Crippen LogP contribution is -2.54. The Labute approximate surface area is 152 Å². The standard InChI is InChI=1S/C19H25NO6/c1-11-9-14(21)19(3)17(24)26-13-6-8-20(4)7-5-12(15(13)22)10-25-16(23)18(11,19)2/h5,11,13H,6-10H2,1-4H3/t11-,13-,18-,19+/m1/s1. The van der Waals surface area contributed by atoms with Crippen molar-refractivity contribution in [2.24, 2.45) is 16.7 Å². The third kappa shape index (κ3) is 2.52. The highest BCUT2D eigenvalue weighted by atomic mass is 16.6. The van der Waals surface area contributed by atoms with Gasteiger partial charge in [0.05, 0.1) is 5.41 Å². The van der Waals surface area contributed by atoms with Crippen LogP contribution in [0.2, 0.25) is 0 Å². The molecule has 0 aromatic rings. The number of cyclic esters (lactones) is 1. The van der Waals surface area contributed by atoms with Gasteiger partial charge in [-0.25, -0.2) is 0 Å². The molecule has 26 heavy (non-hydrogen) atoms. The molecule has 142 valence electrons. The molecule has 2 aliphatic heterocycles. The number of fused-ring (bicyclic) bond motifs is 3. The topological polar surface area (TPSA) is 90.0 Å². The summed E-state index contributed by atoms with van der Waals surface area (Å²) < 4.78 is 11.0. The van der Waals surface area contributed by atoms with Crippen molar-refractivity contribution < 1.29 is 28.7 Å². The van der Waals surface area contributed by atoms with Crippen LogP contribution in [-0.2, 0) is 28.7 Å². The van der Waals surface area contributed by atoms with E-state index in [9.17, 15) is 19.2 Å². The summed E-state index contributed by atoms with van der Waals surface area (Å²) in [7, 11) is 1.89. The molecular weight excluding hydrogens is 338 g/mol. The number of nitrogens with zero attached hydrogens (tertiary/aromatic N) is 1. The van der Waals surface area contributed by atoms with Gasteiger partial charge in [-0.1, -0.05) is 13.0 Å². The number of likely N-dealkylation sites (N-methyl/N-ethyl adjacent to an activating group) is 1. The van der Waals surface area contributed by atoms with Gasteiger partial charge in [0.2, 0.25) is 5.78 Å². The van der Waals surface area contributed by atoms with Crippen LogP contribution in [-0.4, -0.2) is 61.3 Å². The van der Waals surface area contributed by atoms with E-state index < -0.39 is 28.9 Å². The summed E-state index contributed by atoms with van der Waals surface area (Å²) in [6.45, 7) is 5.75. The molecule has 0 amide bonds. The van der Waals surface area contributed by atoms with Gasteiger partial charge >= 0.3 is 11.9 Å². The molecule has 0 N–H and O–H groups in total. The minimum Gasteiger partial charge on any atom is -0.460 e. The van der Waals surface area contributed by atoms with Crippen LogP contribution in [0.15, 0.2) is 11.6 Å². The molecule has 0 radical (unpaired) electrons. The summed E-state index contributed by atoms with van der Waals surface area (Å²) >= 11 is 0. The van der Waals surface area contributed by atoms with Crippen molar-refractivity contribution in [1.82, 2.24) is 4.90 Å². The van der Waals surface area contributed by atoms with Gasteiger partial charge < -0.3 is 14.4 Å². The molecule has 1 saturated heterocycles. The SMILES string of the molecule is C[C@@H]1CC(=O)[C@@]2(C)C(=O)O[C@@H]3CCN(C)CC=C(COC(=O)[C@@]12C)C3=O. The molecule has 0 unspecified atom stereocenters. The second kappa shape index (κ2) is 6.30. The van der Waals surface area contributed by atoms with Crippen molar-refractivity contribution in [2.75, 3.05) is 26.7 Å². The minimum absolute atomic E-state index is 0.0985. The van der Waals surface area contributed by atoms with Crippen LogP contribution >= 0.6 is 0 Å². The quantitative estimate of drug-likeness (QED) is 0.467. The van der Waals surface area contributed by atoms with Gasteiger partial charge in [0.1, 0.15) is 12.0 Å². The number of rotatable bonds is 0. The van der Waals surface area contributed by atoms with Crippen molar-refractivity contribution >= 4 is 23.5 Å². The predicted molar refractivity (Wildman–Crippen MR) is 91.0 cm³/mol. The summed E-state index contributed by atoms with van der Waals surface area (Å²) in [5.74, 6) is -2.52. The first-order chi connectivity index (χ1) is 12.1. The molecule has 7 nitrogen and oxygen atoms in total. The number of hydrogen-bond acceptors (Lipinski definition) is 7. The molecule has 4 atom stereocenters. The second-order valence-corrected chi connectivity index (χ2v) is 7.97. The van der Waals surface area contributed by atoms with Gasteiger partial charge in [0.15, 0.2) is 11.9 Å². The van der Waals surface area contributed by atoms with Crippen molar-refractivity contribution in [2.45, 2.75) is 39.7 Å². The monoisotopic (exact) mass is 363 g/mol. The predicted octanol–water partition coefficient (Wildman–Crippen LogP) is 0.907. The first kappa shape index (κ1) is 18.8. The van der Waals surface area contributed by atoms with Crippen LogP contribution in [0.1, 0.15) is 33.6 Å². The molecular formula is C19H25NO6. The fourth-order valence-electron chi connectivity index (χ4n) is 4.12. The van der Waals surface area contributed by atoms with Crippen molar-refractivity contribution in [1.29, 1.82) is 0 Å². The smallest absolute Gasteiger partial charge is 0.321 e. The van der Waals surface area contributed by atoms with E-state index in [1.165, 1.54) is 6.92 Å². The minimum atomic E-state index is -1.65. The first-order valence-electron chi connectivity index (χ1n) is 8.95. The molecule has 2 heterocycles. The van der Waals surface area contributed by atoms with Crippen LogP contribution in [0.4, 0.5) is 0 Å². The molecule has 3 rings (SSSR count). The van der Waals surface area contributed by atoms with E-state index in [1.807, 2.05) is 11.9 Å². The number of ketones is 2. The molecule has 3 aliphatic rings. The summed E-state index contributed by atoms with van der Waals surface area (Å²) in [5, 5.41) is 0. The van der Waals surface area contributed by atoms with Crippen LogP contribution in [0.5, 0.6) is 0 Å². The lowest BCUT2D eigenvalue weighted by Gasteiger charge is -2.39. The molecule has 2 fully saturated rings. The number of carbonyl (C=O) groups excluding carboxylic acids is 4. The largest absolute Gasteiger partial charge is 0.460 e. The van der Waals surface area contributed by atoms with Gasteiger partial charge in [-0.2, -0.15) is 0 Å². The lowest BCUT2D eigenvalue weighted by molar-refractivity contribution is -0.184. The molecule has 2 bridgehead atoms. The highest BCUT2D eigenvalue weighted by Crippen LogP contribution is 2.55. The Morgan fingerprint density at radius 2 is 1.85 bits per heavy atom. The molecule has 1 aliphatic carbocycles. The van der Waals surface area contributed by atoms with Gasteiger partial charge in [0.25, 0.3) is 0 Å². The Kier molecular flexibility index (Phi) is 4.55. The van der Waals surface area contributed by atoms with Gasteiger partial charge in [-0.3, -0.25) is 19.2 Å². The lowest BCUT2D eigenvalue weighted by atomic mass is 9.64. The fourth-order valence-corrected chi connectivity index (χ4v) is 4.12. The molecule has 0 spiro atoms. The van der Waals surface area contributed by atoms with Crippen molar-refractivity contribution in [3.8, 4) is 0 Å². The highest BCUT2D eigenvalue weighted by molar-refractivity contribution is 6.12. The van der Waals surface area contributed by atoms with Crippen molar-refractivity contribution in [3.63, 3.8) is 0 Å². The van der Waals surface area contributed by atoms with Gasteiger partial charge in [-0.15, -0.1) is 0 Å². The van der Waals surface area contributed by atoms with Crippen LogP contribution in [0.25, 0.3) is 0 Å². The second-order valence-electron chi connectivity index (χ2n) is 7.97. The van der Waals surface area contributed by atoms with Gasteiger partial charge in [0, 0.05) is 31.5 Å². The molecule has 7 heteroatoms. The van der Waals surface area contributed by atoms with E-state index in [0.29, 0.717) is 25.1 Å². The molecule has 0 aromatic carbocycles. The van der Waals surface area contributed by atoms with Crippen LogP contribution in [0.3, 0.4) is 0 Å². The van der Waals surface area contributed by atoms with E-state index in [4.69, 9.17) is 9.47 Å². The third-order valence-corrected chi connectivity index (χ3v) is 6.55. The number of carbonyl (C=O) groups is 4. The zero-order valence-corrected chi connectivity index (χ0v) is 15.7. The van der Waals surface area contributed by atoms with E-state index in [1.54, 1.807) is 19.9 Å². The average molecular weight is 363 g/mol. The number of hydrogen-bond donors (Lipinski definition) is 0. The Bertz CT molecular complexity index is 713. The Morgan fingerprint density at radius 1 is 1.15 bits per heavy atom. The van der Waals surface area contributed by atoms with Crippen LogP contribution < -0.4 is 0 Å². The Hall–Kier alpha value is -2.02. The Morgan fingerprint density at radius 3 is 2.54 bits per heavy atom. The Balaban J connectivity index is 2.08. The summed E-state index contributed by atoms with van der Waals surface area (Å²) in [6, 6.07) is 0.